The molecular weight excluding hydrogens is 464 g/mol. The molecule has 2 heterocycles. The van der Waals surface area contributed by atoms with Gasteiger partial charge in [0.05, 0.1) is 24.4 Å². The van der Waals surface area contributed by atoms with Crippen LogP contribution < -0.4 is 9.47 Å². The third kappa shape index (κ3) is 3.16. The van der Waals surface area contributed by atoms with Crippen molar-refractivity contribution in [2.45, 2.75) is 18.7 Å². The van der Waals surface area contributed by atoms with Gasteiger partial charge in [-0.25, -0.2) is 5.01 Å². The van der Waals surface area contributed by atoms with Gasteiger partial charge in [-0.3, -0.25) is 0 Å². The SMILES string of the molecule is COc1ccccc1[C@H]1Oc2ccc(Br)cc2[C@H]2CC(c3ccc4ccccc4c3)=NN21. The molecule has 32 heavy (non-hydrogen) atoms. The van der Waals surface area contributed by atoms with Gasteiger partial charge >= 0.3 is 0 Å². The number of methoxy groups -OCH3 is 1. The second kappa shape index (κ2) is 7.68. The number of rotatable bonds is 3. The molecule has 158 valence electrons. The highest BCUT2D eigenvalue weighted by Crippen LogP contribution is 2.49. The fourth-order valence-electron chi connectivity index (χ4n) is 4.68. The van der Waals surface area contributed by atoms with Crippen molar-refractivity contribution in [1.29, 1.82) is 0 Å². The van der Waals surface area contributed by atoms with Crippen molar-refractivity contribution < 1.29 is 9.47 Å². The van der Waals surface area contributed by atoms with Crippen LogP contribution in [0.25, 0.3) is 10.8 Å². The second-order valence-electron chi connectivity index (χ2n) is 8.10. The Morgan fingerprint density at radius 2 is 1.72 bits per heavy atom. The molecule has 0 radical (unpaired) electrons. The predicted molar refractivity (Wildman–Crippen MR) is 130 cm³/mol. The summed E-state index contributed by atoms with van der Waals surface area (Å²) < 4.78 is 13.2. The van der Waals surface area contributed by atoms with Gasteiger partial charge in [0.15, 0.2) is 0 Å². The van der Waals surface area contributed by atoms with E-state index in [-0.39, 0.29) is 12.3 Å². The van der Waals surface area contributed by atoms with Crippen molar-refractivity contribution in [1.82, 2.24) is 5.01 Å². The van der Waals surface area contributed by atoms with Crippen molar-refractivity contribution in [3.05, 3.63) is 106 Å². The third-order valence-corrected chi connectivity index (χ3v) is 6.73. The fraction of sp³-hybridized carbons (Fsp3) is 0.148. The number of hydrazone groups is 1. The summed E-state index contributed by atoms with van der Waals surface area (Å²) in [6.07, 6.45) is 0.458. The van der Waals surface area contributed by atoms with Gasteiger partial charge in [0, 0.05) is 16.5 Å². The van der Waals surface area contributed by atoms with Crippen LogP contribution in [0.2, 0.25) is 0 Å². The summed E-state index contributed by atoms with van der Waals surface area (Å²) in [5.74, 6) is 1.69. The molecular formula is C27H21BrN2O2. The van der Waals surface area contributed by atoms with Crippen LogP contribution in [0.15, 0.2) is 94.5 Å². The maximum atomic E-state index is 6.50. The Morgan fingerprint density at radius 1 is 0.906 bits per heavy atom. The molecule has 0 bridgehead atoms. The largest absolute Gasteiger partial charge is 0.496 e. The smallest absolute Gasteiger partial charge is 0.217 e. The molecule has 0 saturated carbocycles. The maximum absolute atomic E-state index is 6.50. The van der Waals surface area contributed by atoms with E-state index in [2.05, 4.69) is 69.5 Å². The molecule has 4 aromatic rings. The van der Waals surface area contributed by atoms with Gasteiger partial charge in [-0.15, -0.1) is 0 Å². The van der Waals surface area contributed by atoms with Crippen molar-refractivity contribution in [2.75, 3.05) is 7.11 Å². The minimum atomic E-state index is -0.359. The van der Waals surface area contributed by atoms with Gasteiger partial charge in [-0.2, -0.15) is 5.10 Å². The van der Waals surface area contributed by atoms with Gasteiger partial charge in [0.1, 0.15) is 11.5 Å². The Balaban J connectivity index is 1.47. The summed E-state index contributed by atoms with van der Waals surface area (Å²) in [7, 11) is 1.69. The molecule has 0 N–H and O–H groups in total. The average Bonchev–Trinajstić information content (AvgIpc) is 3.29. The number of hydrogen-bond donors (Lipinski definition) is 0. The zero-order valence-electron chi connectivity index (χ0n) is 17.5. The summed E-state index contributed by atoms with van der Waals surface area (Å²) in [5, 5.41) is 9.65. The first-order chi connectivity index (χ1) is 15.7. The molecule has 0 spiro atoms. The number of para-hydroxylation sites is 1. The standard InChI is InChI=1S/C27H21BrN2O2/c1-31-25-9-5-4-8-21(25)27-30-24(22-15-20(28)12-13-26(22)32-27)16-23(29-30)19-11-10-17-6-2-3-7-18(17)14-19/h2-15,24,27H,16H2,1H3/t24-,27-/m1/s1. The predicted octanol–water partition coefficient (Wildman–Crippen LogP) is 6.85. The zero-order chi connectivity index (χ0) is 21.7. The quantitative estimate of drug-likeness (QED) is 0.318. The van der Waals surface area contributed by atoms with E-state index in [0.717, 1.165) is 44.8 Å². The highest BCUT2D eigenvalue weighted by molar-refractivity contribution is 9.10. The molecule has 4 nitrogen and oxygen atoms in total. The Bertz CT molecular complexity index is 1370. The van der Waals surface area contributed by atoms with Crippen molar-refractivity contribution in [2.24, 2.45) is 5.10 Å². The molecule has 0 unspecified atom stereocenters. The lowest BCUT2D eigenvalue weighted by atomic mass is 9.95. The number of fused-ring (bicyclic) bond motifs is 4. The van der Waals surface area contributed by atoms with Crippen LogP contribution in [-0.4, -0.2) is 17.8 Å². The normalized spacial score (nSPS) is 19.2. The van der Waals surface area contributed by atoms with Gasteiger partial charge in [-0.05, 0) is 52.7 Å². The van der Waals surface area contributed by atoms with Crippen molar-refractivity contribution in [3.63, 3.8) is 0 Å². The molecule has 0 aliphatic carbocycles. The van der Waals surface area contributed by atoms with E-state index in [0.29, 0.717) is 0 Å². The van der Waals surface area contributed by atoms with Crippen LogP contribution in [0, 0.1) is 0 Å². The number of benzene rings is 4. The van der Waals surface area contributed by atoms with E-state index >= 15 is 0 Å². The van der Waals surface area contributed by atoms with E-state index in [4.69, 9.17) is 14.6 Å². The topological polar surface area (TPSA) is 34.1 Å². The van der Waals surface area contributed by atoms with Crippen molar-refractivity contribution >= 4 is 32.4 Å². The zero-order valence-corrected chi connectivity index (χ0v) is 19.1. The van der Waals surface area contributed by atoms with Gasteiger partial charge in [-0.1, -0.05) is 64.5 Å². The van der Waals surface area contributed by atoms with E-state index in [1.54, 1.807) is 7.11 Å². The van der Waals surface area contributed by atoms with Crippen LogP contribution in [0.1, 0.15) is 35.4 Å². The van der Waals surface area contributed by atoms with Gasteiger partial charge in [0.2, 0.25) is 6.23 Å². The molecule has 2 aliphatic rings. The molecule has 0 saturated heterocycles. The second-order valence-corrected chi connectivity index (χ2v) is 9.02. The monoisotopic (exact) mass is 484 g/mol. The molecule has 0 aromatic heterocycles. The molecule has 0 fully saturated rings. The first-order valence-electron chi connectivity index (χ1n) is 10.7. The first-order valence-corrected chi connectivity index (χ1v) is 11.4. The van der Waals surface area contributed by atoms with Crippen LogP contribution in [0.4, 0.5) is 0 Å². The minimum Gasteiger partial charge on any atom is -0.496 e. The van der Waals surface area contributed by atoms with Crippen LogP contribution in [-0.2, 0) is 0 Å². The minimum absolute atomic E-state index is 0.0904. The summed E-state index contributed by atoms with van der Waals surface area (Å²) in [6, 6.07) is 29.3. The van der Waals surface area contributed by atoms with Gasteiger partial charge in [0.25, 0.3) is 0 Å². The molecule has 2 aliphatic heterocycles. The first kappa shape index (κ1) is 19.4. The Labute approximate surface area is 195 Å². The molecule has 0 amide bonds. The lowest BCUT2D eigenvalue weighted by Gasteiger charge is -2.38. The summed E-state index contributed by atoms with van der Waals surface area (Å²) in [6.45, 7) is 0. The third-order valence-electron chi connectivity index (χ3n) is 6.24. The Kier molecular flexibility index (Phi) is 4.65. The number of nitrogens with zero attached hydrogens (tertiary/aromatic N) is 2. The summed E-state index contributed by atoms with van der Waals surface area (Å²) in [5.41, 5.74) is 4.33. The molecule has 6 rings (SSSR count). The Hall–Kier alpha value is -3.31. The fourth-order valence-corrected chi connectivity index (χ4v) is 5.06. The number of ether oxygens (including phenoxy) is 2. The Morgan fingerprint density at radius 3 is 2.59 bits per heavy atom. The van der Waals surface area contributed by atoms with Gasteiger partial charge < -0.3 is 9.47 Å². The maximum Gasteiger partial charge on any atom is 0.217 e. The van der Waals surface area contributed by atoms with E-state index < -0.39 is 0 Å². The number of hydrogen-bond acceptors (Lipinski definition) is 4. The molecule has 2 atom stereocenters. The number of halogens is 1. The van der Waals surface area contributed by atoms with Crippen LogP contribution in [0.3, 0.4) is 0 Å². The average molecular weight is 485 g/mol. The van der Waals surface area contributed by atoms with Crippen molar-refractivity contribution in [3.8, 4) is 11.5 Å². The van der Waals surface area contributed by atoms with Crippen LogP contribution >= 0.6 is 15.9 Å². The lowest BCUT2D eigenvalue weighted by molar-refractivity contribution is -0.0203. The summed E-state index contributed by atoms with van der Waals surface area (Å²) in [4.78, 5) is 0. The highest BCUT2D eigenvalue weighted by atomic mass is 79.9. The lowest BCUT2D eigenvalue weighted by Crippen LogP contribution is -2.34. The highest BCUT2D eigenvalue weighted by Gasteiger charge is 2.42. The summed E-state index contributed by atoms with van der Waals surface area (Å²) >= 11 is 3.63. The molecule has 5 heteroatoms. The van der Waals surface area contributed by atoms with E-state index in [1.165, 1.54) is 10.8 Å². The van der Waals surface area contributed by atoms with E-state index in [1.807, 2.05) is 36.4 Å². The molecule has 4 aromatic carbocycles. The van der Waals surface area contributed by atoms with E-state index in [9.17, 15) is 0 Å². The van der Waals surface area contributed by atoms with Crippen LogP contribution in [0.5, 0.6) is 11.5 Å².